The lowest BCUT2D eigenvalue weighted by Gasteiger charge is -2.18. The van der Waals surface area contributed by atoms with Crippen molar-refractivity contribution in [3.05, 3.63) is 33.8 Å². The Labute approximate surface area is 122 Å². The van der Waals surface area contributed by atoms with Gasteiger partial charge in [0.1, 0.15) is 0 Å². The van der Waals surface area contributed by atoms with Gasteiger partial charge in [0.05, 0.1) is 11.8 Å². The third-order valence-electron chi connectivity index (χ3n) is 3.60. The van der Waals surface area contributed by atoms with Gasteiger partial charge in [0, 0.05) is 15.0 Å². The number of halogens is 4. The van der Waals surface area contributed by atoms with Crippen molar-refractivity contribution in [1.82, 2.24) is 0 Å². The van der Waals surface area contributed by atoms with Gasteiger partial charge in [0.25, 0.3) is 0 Å². The van der Waals surface area contributed by atoms with E-state index in [1.54, 1.807) is 18.2 Å². The second-order valence-electron chi connectivity index (χ2n) is 4.99. The van der Waals surface area contributed by atoms with Crippen molar-refractivity contribution in [1.29, 1.82) is 0 Å². The standard InChI is InChI=1S/C13H13BrF3NO2/c14-9-4-7(10(18)6-11(19)20-17)3-8(5-9)13(1-2-13)12(15)16/h3-5,10,12H,1-2,6,18H2/t10-/m0/s1. The largest absolute Gasteiger partial charge is 0.350 e. The van der Waals surface area contributed by atoms with Crippen LogP contribution in [0.25, 0.3) is 0 Å². The van der Waals surface area contributed by atoms with Crippen LogP contribution in [0.1, 0.15) is 36.4 Å². The highest BCUT2D eigenvalue weighted by Crippen LogP contribution is 2.53. The number of rotatable bonds is 5. The van der Waals surface area contributed by atoms with E-state index >= 15 is 0 Å². The molecular weight excluding hydrogens is 339 g/mol. The first-order chi connectivity index (χ1) is 9.39. The lowest BCUT2D eigenvalue weighted by molar-refractivity contribution is -0.184. The van der Waals surface area contributed by atoms with Crippen LogP contribution in [0.5, 0.6) is 0 Å². The molecule has 0 radical (unpaired) electrons. The molecule has 0 bridgehead atoms. The molecule has 1 fully saturated rings. The second kappa shape index (κ2) is 5.73. The van der Waals surface area contributed by atoms with Crippen LogP contribution in [0.15, 0.2) is 22.7 Å². The molecule has 20 heavy (non-hydrogen) atoms. The molecule has 1 aliphatic carbocycles. The monoisotopic (exact) mass is 351 g/mol. The molecule has 7 heteroatoms. The van der Waals surface area contributed by atoms with Crippen LogP contribution in [0.2, 0.25) is 0 Å². The third-order valence-corrected chi connectivity index (χ3v) is 4.06. The number of benzene rings is 1. The zero-order valence-corrected chi connectivity index (χ0v) is 12.0. The summed E-state index contributed by atoms with van der Waals surface area (Å²) in [5.74, 6) is -1.09. The molecule has 1 aliphatic rings. The fourth-order valence-electron chi connectivity index (χ4n) is 2.21. The first-order valence-electron chi connectivity index (χ1n) is 6.05. The maximum Gasteiger partial charge on any atom is 0.350 e. The molecule has 1 aromatic rings. The molecule has 0 heterocycles. The van der Waals surface area contributed by atoms with Crippen molar-refractivity contribution in [2.45, 2.75) is 37.1 Å². The Morgan fingerprint density at radius 2 is 2.05 bits per heavy atom. The van der Waals surface area contributed by atoms with Gasteiger partial charge in [-0.1, -0.05) is 22.0 Å². The summed E-state index contributed by atoms with van der Waals surface area (Å²) in [6.07, 6.45) is -1.96. The summed E-state index contributed by atoms with van der Waals surface area (Å²) in [5.41, 5.74) is 5.64. The number of carbonyl (C=O) groups excluding carboxylic acids is 1. The van der Waals surface area contributed by atoms with Crippen molar-refractivity contribution in [2.24, 2.45) is 5.73 Å². The first kappa shape index (κ1) is 15.3. The fraction of sp³-hybridized carbons (Fsp3) is 0.462. The summed E-state index contributed by atoms with van der Waals surface area (Å²) >= 11 is 3.24. The lowest BCUT2D eigenvalue weighted by atomic mass is 9.92. The smallest absolute Gasteiger partial charge is 0.323 e. The third kappa shape index (κ3) is 2.98. The normalized spacial score (nSPS) is 17.9. The van der Waals surface area contributed by atoms with E-state index in [2.05, 4.69) is 20.9 Å². The molecule has 1 atom stereocenters. The maximum absolute atomic E-state index is 13.1. The molecule has 1 aromatic carbocycles. The molecular formula is C13H13BrF3NO2. The number of hydrogen-bond acceptors (Lipinski definition) is 3. The van der Waals surface area contributed by atoms with Gasteiger partial charge in [-0.15, -0.1) is 0 Å². The molecule has 2 rings (SSSR count). The average molecular weight is 352 g/mol. The molecule has 3 nitrogen and oxygen atoms in total. The Kier molecular flexibility index (Phi) is 4.39. The molecule has 0 aliphatic heterocycles. The van der Waals surface area contributed by atoms with Crippen molar-refractivity contribution in [2.75, 3.05) is 0 Å². The predicted molar refractivity (Wildman–Crippen MR) is 69.8 cm³/mol. The van der Waals surface area contributed by atoms with Gasteiger partial charge in [0.15, 0.2) is 0 Å². The molecule has 1 saturated carbocycles. The van der Waals surface area contributed by atoms with Gasteiger partial charge in [0.2, 0.25) is 6.43 Å². The zero-order valence-electron chi connectivity index (χ0n) is 10.4. The minimum Gasteiger partial charge on any atom is -0.323 e. The summed E-state index contributed by atoms with van der Waals surface area (Å²) in [4.78, 5) is 13.9. The Morgan fingerprint density at radius 3 is 2.55 bits per heavy atom. The summed E-state index contributed by atoms with van der Waals surface area (Å²) in [5, 5.41) is 0. The van der Waals surface area contributed by atoms with Gasteiger partial charge < -0.3 is 5.73 Å². The highest BCUT2D eigenvalue weighted by molar-refractivity contribution is 9.10. The number of carbonyl (C=O) groups is 1. The number of hydrogen-bond donors (Lipinski definition) is 1. The second-order valence-corrected chi connectivity index (χ2v) is 5.91. The fourth-order valence-corrected chi connectivity index (χ4v) is 2.72. The van der Waals surface area contributed by atoms with E-state index < -0.39 is 23.9 Å². The molecule has 0 amide bonds. The van der Waals surface area contributed by atoms with Crippen LogP contribution in [0, 0.1) is 0 Å². The van der Waals surface area contributed by atoms with Gasteiger partial charge in [-0.05, 0) is 36.1 Å². The molecule has 0 aromatic heterocycles. The van der Waals surface area contributed by atoms with Crippen LogP contribution in [-0.2, 0) is 15.2 Å². The van der Waals surface area contributed by atoms with E-state index in [1.807, 2.05) is 0 Å². The molecule has 110 valence electrons. The SMILES string of the molecule is N[C@@H](CC(=O)OF)c1cc(Br)cc(C2(C(F)F)CC2)c1. The van der Waals surface area contributed by atoms with Crippen LogP contribution in [-0.4, -0.2) is 12.4 Å². The Hall–Kier alpha value is -1.08. The molecule has 0 unspecified atom stereocenters. The predicted octanol–water partition coefficient (Wildman–Crippen LogP) is 3.56. The topological polar surface area (TPSA) is 52.3 Å². The molecule has 0 saturated heterocycles. The van der Waals surface area contributed by atoms with E-state index in [0.29, 0.717) is 28.4 Å². The van der Waals surface area contributed by atoms with E-state index in [9.17, 15) is 18.1 Å². The molecule has 0 spiro atoms. The van der Waals surface area contributed by atoms with Crippen LogP contribution >= 0.6 is 15.9 Å². The van der Waals surface area contributed by atoms with E-state index in [0.717, 1.165) is 0 Å². The highest BCUT2D eigenvalue weighted by atomic mass is 79.9. The van der Waals surface area contributed by atoms with Crippen LogP contribution in [0.4, 0.5) is 13.3 Å². The quantitative estimate of drug-likeness (QED) is 0.882. The lowest BCUT2D eigenvalue weighted by Crippen LogP contribution is -2.20. The highest BCUT2D eigenvalue weighted by Gasteiger charge is 2.52. The van der Waals surface area contributed by atoms with Gasteiger partial charge in [-0.2, -0.15) is 0 Å². The molecule has 2 N–H and O–H groups in total. The summed E-state index contributed by atoms with van der Waals surface area (Å²) in [6.45, 7) is 0. The summed E-state index contributed by atoms with van der Waals surface area (Å²) in [6, 6.07) is 4.01. The van der Waals surface area contributed by atoms with Crippen molar-refractivity contribution in [3.8, 4) is 0 Å². The van der Waals surface area contributed by atoms with E-state index in [4.69, 9.17) is 5.73 Å². The number of nitrogens with two attached hydrogens (primary N) is 1. The number of alkyl halides is 2. The van der Waals surface area contributed by atoms with Crippen molar-refractivity contribution < 1.29 is 23.0 Å². The Bertz CT molecular complexity index is 520. The Morgan fingerprint density at radius 1 is 1.40 bits per heavy atom. The van der Waals surface area contributed by atoms with Crippen molar-refractivity contribution in [3.63, 3.8) is 0 Å². The maximum atomic E-state index is 13.1. The first-order valence-corrected chi connectivity index (χ1v) is 6.84. The van der Waals surface area contributed by atoms with Gasteiger partial charge in [-0.3, -0.25) is 4.94 Å². The summed E-state index contributed by atoms with van der Waals surface area (Å²) < 4.78 is 38.6. The van der Waals surface area contributed by atoms with Crippen LogP contribution in [0.3, 0.4) is 0 Å². The van der Waals surface area contributed by atoms with E-state index in [1.165, 1.54) is 0 Å². The minimum atomic E-state index is -2.45. The van der Waals surface area contributed by atoms with E-state index in [-0.39, 0.29) is 6.42 Å². The van der Waals surface area contributed by atoms with Crippen molar-refractivity contribution >= 4 is 21.9 Å². The van der Waals surface area contributed by atoms with Gasteiger partial charge >= 0.3 is 5.97 Å². The zero-order chi connectivity index (χ0) is 14.9. The van der Waals surface area contributed by atoms with Gasteiger partial charge in [-0.25, -0.2) is 13.6 Å². The average Bonchev–Trinajstić information content (AvgIpc) is 3.19. The van der Waals surface area contributed by atoms with Crippen LogP contribution < -0.4 is 5.73 Å². The summed E-state index contributed by atoms with van der Waals surface area (Å²) in [7, 11) is 0. The minimum absolute atomic E-state index is 0.353. The Balaban J connectivity index is 2.28.